The van der Waals surface area contributed by atoms with Crippen LogP contribution in [0.1, 0.15) is 13.8 Å². The van der Waals surface area contributed by atoms with Crippen LogP contribution in [0.4, 0.5) is 10.2 Å². The van der Waals surface area contributed by atoms with Crippen LogP contribution in [0.25, 0.3) is 0 Å². The average Bonchev–Trinajstić information content (AvgIpc) is 1.91. The van der Waals surface area contributed by atoms with Crippen molar-refractivity contribution in [2.75, 3.05) is 5.73 Å². The molecule has 1 heterocycles. The predicted molar refractivity (Wildman–Crippen MR) is 40.0 cm³/mol. The lowest BCUT2D eigenvalue weighted by Gasteiger charge is -1.87. The summed E-state index contributed by atoms with van der Waals surface area (Å²) in [7, 11) is 0. The maximum absolute atomic E-state index is 12.0. The second-order valence-electron chi connectivity index (χ2n) is 1.40. The van der Waals surface area contributed by atoms with E-state index in [-0.39, 0.29) is 11.6 Å². The number of anilines is 1. The highest BCUT2D eigenvalue weighted by atomic mass is 19.1. The van der Waals surface area contributed by atoms with Crippen LogP contribution in [-0.2, 0) is 0 Å². The van der Waals surface area contributed by atoms with Crippen LogP contribution in [0, 0.1) is 5.82 Å². The summed E-state index contributed by atoms with van der Waals surface area (Å²) in [5, 5.41) is 0. The fourth-order valence-corrected chi connectivity index (χ4v) is 0.421. The normalized spacial score (nSPS) is 7.90. The number of nitrogen functional groups attached to an aromatic ring is 1. The third kappa shape index (κ3) is 3.02. The Hall–Kier alpha value is -1.12. The molecule has 0 aliphatic carbocycles. The van der Waals surface area contributed by atoms with Crippen LogP contribution in [0.2, 0.25) is 0 Å². The summed E-state index contributed by atoms with van der Waals surface area (Å²) in [5.74, 6) is -0.137. The molecule has 56 valence electrons. The molecule has 2 N–H and O–H groups in total. The molecule has 0 unspecified atom stereocenters. The molecule has 0 radical (unpaired) electrons. The Kier molecular flexibility index (Phi) is 4.20. The van der Waals surface area contributed by atoms with Gasteiger partial charge in [-0.25, -0.2) is 9.37 Å². The zero-order valence-corrected chi connectivity index (χ0v) is 6.13. The third-order valence-electron chi connectivity index (χ3n) is 0.743. The SMILES string of the molecule is CC.Nc1cc(F)ccn1. The van der Waals surface area contributed by atoms with Crippen LogP contribution in [-0.4, -0.2) is 4.98 Å². The van der Waals surface area contributed by atoms with Gasteiger partial charge >= 0.3 is 0 Å². The van der Waals surface area contributed by atoms with Crippen LogP contribution in [0.5, 0.6) is 0 Å². The van der Waals surface area contributed by atoms with E-state index in [0.29, 0.717) is 0 Å². The molecule has 0 saturated heterocycles. The van der Waals surface area contributed by atoms with Crippen molar-refractivity contribution in [1.29, 1.82) is 0 Å². The van der Waals surface area contributed by atoms with Gasteiger partial charge in [0.1, 0.15) is 11.6 Å². The number of halogens is 1. The highest BCUT2D eigenvalue weighted by Crippen LogP contribution is 1.98. The minimum absolute atomic E-state index is 0.213. The number of hydrogen-bond donors (Lipinski definition) is 1. The molecule has 0 aliphatic rings. The summed E-state index contributed by atoms with van der Waals surface area (Å²) in [6, 6.07) is 2.41. The van der Waals surface area contributed by atoms with E-state index in [1.54, 1.807) is 0 Å². The minimum atomic E-state index is -0.350. The number of nitrogens with zero attached hydrogens (tertiary/aromatic N) is 1. The zero-order chi connectivity index (χ0) is 7.98. The van der Waals surface area contributed by atoms with E-state index >= 15 is 0 Å². The molecule has 1 rings (SSSR count). The summed E-state index contributed by atoms with van der Waals surface area (Å²) in [5.41, 5.74) is 5.11. The van der Waals surface area contributed by atoms with Crippen molar-refractivity contribution < 1.29 is 4.39 Å². The fourth-order valence-electron chi connectivity index (χ4n) is 0.421. The molecular weight excluding hydrogens is 131 g/mol. The van der Waals surface area contributed by atoms with Crippen molar-refractivity contribution in [3.8, 4) is 0 Å². The molecule has 1 aromatic rings. The smallest absolute Gasteiger partial charge is 0.128 e. The standard InChI is InChI=1S/C5H5FN2.C2H6/c6-4-1-2-8-5(7)3-4;1-2/h1-3H,(H2,7,8);1-2H3. The maximum atomic E-state index is 12.0. The summed E-state index contributed by atoms with van der Waals surface area (Å²) >= 11 is 0. The van der Waals surface area contributed by atoms with Crippen molar-refractivity contribution in [2.45, 2.75) is 13.8 Å². The number of pyridine rings is 1. The molecule has 0 spiro atoms. The van der Waals surface area contributed by atoms with E-state index in [1.165, 1.54) is 18.3 Å². The largest absolute Gasteiger partial charge is 0.384 e. The molecule has 0 atom stereocenters. The lowest BCUT2D eigenvalue weighted by Crippen LogP contribution is -1.88. The maximum Gasteiger partial charge on any atom is 0.128 e. The van der Waals surface area contributed by atoms with Gasteiger partial charge in [-0.15, -0.1) is 0 Å². The molecule has 3 heteroatoms. The van der Waals surface area contributed by atoms with Gasteiger partial charge in [-0.2, -0.15) is 0 Å². The Balaban J connectivity index is 0.000000371. The third-order valence-corrected chi connectivity index (χ3v) is 0.743. The van der Waals surface area contributed by atoms with E-state index in [0.717, 1.165) is 0 Å². The van der Waals surface area contributed by atoms with Crippen molar-refractivity contribution in [2.24, 2.45) is 0 Å². The molecule has 0 saturated carbocycles. The molecule has 0 fully saturated rings. The van der Waals surface area contributed by atoms with E-state index in [1.807, 2.05) is 13.8 Å². The summed E-state index contributed by atoms with van der Waals surface area (Å²) < 4.78 is 12.0. The number of aromatic nitrogens is 1. The molecule has 10 heavy (non-hydrogen) atoms. The Bertz CT molecular complexity index is 171. The Morgan fingerprint density at radius 2 is 2.10 bits per heavy atom. The summed E-state index contributed by atoms with van der Waals surface area (Å²) in [6.07, 6.45) is 1.32. The fraction of sp³-hybridized carbons (Fsp3) is 0.286. The highest BCUT2D eigenvalue weighted by molar-refractivity contribution is 5.26. The van der Waals surface area contributed by atoms with E-state index in [9.17, 15) is 4.39 Å². The second-order valence-corrected chi connectivity index (χ2v) is 1.40. The molecule has 0 aromatic carbocycles. The van der Waals surface area contributed by atoms with Gasteiger partial charge in [0.15, 0.2) is 0 Å². The number of hydrogen-bond acceptors (Lipinski definition) is 2. The molecular formula is C7H11FN2. The van der Waals surface area contributed by atoms with E-state index in [2.05, 4.69) is 4.98 Å². The van der Waals surface area contributed by atoms with Gasteiger partial charge in [0.25, 0.3) is 0 Å². The second kappa shape index (κ2) is 4.73. The van der Waals surface area contributed by atoms with Crippen LogP contribution >= 0.6 is 0 Å². The number of nitrogens with two attached hydrogens (primary N) is 1. The van der Waals surface area contributed by atoms with Gasteiger partial charge in [0.2, 0.25) is 0 Å². The van der Waals surface area contributed by atoms with Crippen molar-refractivity contribution >= 4 is 5.82 Å². The molecule has 0 amide bonds. The molecule has 0 aliphatic heterocycles. The Morgan fingerprint density at radius 1 is 1.50 bits per heavy atom. The average molecular weight is 142 g/mol. The van der Waals surface area contributed by atoms with E-state index < -0.39 is 0 Å². The van der Waals surface area contributed by atoms with Gasteiger partial charge in [0.05, 0.1) is 0 Å². The van der Waals surface area contributed by atoms with Crippen LogP contribution in [0.15, 0.2) is 18.3 Å². The first-order valence-corrected chi connectivity index (χ1v) is 3.16. The first-order valence-electron chi connectivity index (χ1n) is 3.16. The summed E-state index contributed by atoms with van der Waals surface area (Å²) in [6.45, 7) is 4.00. The van der Waals surface area contributed by atoms with Crippen molar-refractivity contribution in [1.82, 2.24) is 4.98 Å². The summed E-state index contributed by atoms with van der Waals surface area (Å²) in [4.78, 5) is 3.58. The van der Waals surface area contributed by atoms with Gasteiger partial charge in [0, 0.05) is 12.3 Å². The Morgan fingerprint density at radius 3 is 2.40 bits per heavy atom. The van der Waals surface area contributed by atoms with Gasteiger partial charge in [-0.05, 0) is 6.07 Å². The molecule has 0 bridgehead atoms. The minimum Gasteiger partial charge on any atom is -0.384 e. The van der Waals surface area contributed by atoms with E-state index in [4.69, 9.17) is 5.73 Å². The topological polar surface area (TPSA) is 38.9 Å². The zero-order valence-electron chi connectivity index (χ0n) is 6.13. The number of rotatable bonds is 0. The van der Waals surface area contributed by atoms with Crippen LogP contribution < -0.4 is 5.73 Å². The monoisotopic (exact) mass is 142 g/mol. The van der Waals surface area contributed by atoms with Gasteiger partial charge in [-0.1, -0.05) is 13.8 Å². The lowest BCUT2D eigenvalue weighted by atomic mass is 10.4. The van der Waals surface area contributed by atoms with Gasteiger partial charge in [-0.3, -0.25) is 0 Å². The van der Waals surface area contributed by atoms with Crippen molar-refractivity contribution in [3.05, 3.63) is 24.1 Å². The quantitative estimate of drug-likeness (QED) is 0.600. The Labute approximate surface area is 59.9 Å². The van der Waals surface area contributed by atoms with Crippen LogP contribution in [0.3, 0.4) is 0 Å². The first kappa shape index (κ1) is 8.88. The first-order chi connectivity index (χ1) is 4.79. The molecule has 1 aromatic heterocycles. The highest BCUT2D eigenvalue weighted by Gasteiger charge is 1.86. The predicted octanol–water partition coefficient (Wildman–Crippen LogP) is 1.83. The molecule has 2 nitrogen and oxygen atoms in total. The lowest BCUT2D eigenvalue weighted by molar-refractivity contribution is 0.626. The van der Waals surface area contributed by atoms with Crippen molar-refractivity contribution in [3.63, 3.8) is 0 Å². The van der Waals surface area contributed by atoms with Gasteiger partial charge < -0.3 is 5.73 Å².